The summed E-state index contributed by atoms with van der Waals surface area (Å²) in [6, 6.07) is 6.89. The monoisotopic (exact) mass is 373 g/mol. The highest BCUT2D eigenvalue weighted by Crippen LogP contribution is 2.49. The predicted octanol–water partition coefficient (Wildman–Crippen LogP) is 2.38. The van der Waals surface area contributed by atoms with Crippen LogP contribution in [0.1, 0.15) is 38.2 Å². The highest BCUT2D eigenvalue weighted by atomic mass is 16.6. The van der Waals surface area contributed by atoms with Crippen LogP contribution in [-0.4, -0.2) is 64.6 Å². The Hall–Kier alpha value is -1.99. The first-order chi connectivity index (χ1) is 13.0. The molecule has 7 nitrogen and oxygen atoms in total. The maximum absolute atomic E-state index is 12.5. The summed E-state index contributed by atoms with van der Waals surface area (Å²) in [6.45, 7) is 6.28. The zero-order valence-corrected chi connectivity index (χ0v) is 15.9. The van der Waals surface area contributed by atoms with Crippen molar-refractivity contribution in [1.29, 1.82) is 0 Å². The van der Waals surface area contributed by atoms with E-state index in [1.165, 1.54) is 6.07 Å². The molecule has 2 aliphatic heterocycles. The molecule has 7 heteroatoms. The number of rotatable bonds is 5. The van der Waals surface area contributed by atoms with E-state index in [1.807, 2.05) is 17.9 Å². The van der Waals surface area contributed by atoms with Crippen molar-refractivity contribution in [3.63, 3.8) is 0 Å². The fourth-order valence-corrected chi connectivity index (χ4v) is 4.44. The Labute approximate surface area is 159 Å². The Bertz CT molecular complexity index is 738. The number of nitrogens with zero attached hydrogens (tertiary/aromatic N) is 3. The fraction of sp³-hybridized carbons (Fsp3) is 0.650. The van der Waals surface area contributed by atoms with Crippen LogP contribution in [0.4, 0.5) is 5.69 Å². The number of nitro benzene ring substituents is 1. The highest BCUT2D eigenvalue weighted by Gasteiger charge is 2.61. The molecule has 0 atom stereocenters. The molecule has 2 heterocycles. The number of amides is 1. The van der Waals surface area contributed by atoms with E-state index in [9.17, 15) is 14.9 Å². The molecule has 1 amide bonds. The van der Waals surface area contributed by atoms with Crippen molar-refractivity contribution in [2.24, 2.45) is 0 Å². The number of benzene rings is 1. The lowest BCUT2D eigenvalue weighted by Gasteiger charge is -2.50. The third-order valence-corrected chi connectivity index (χ3v) is 6.26. The lowest BCUT2D eigenvalue weighted by Crippen LogP contribution is -2.62. The van der Waals surface area contributed by atoms with E-state index in [4.69, 9.17) is 4.74 Å². The van der Waals surface area contributed by atoms with Gasteiger partial charge in [0.25, 0.3) is 11.6 Å². The summed E-state index contributed by atoms with van der Waals surface area (Å²) in [5.41, 5.74) is 0.444. The van der Waals surface area contributed by atoms with Crippen molar-refractivity contribution in [3.05, 3.63) is 39.9 Å². The second-order valence-corrected chi connectivity index (χ2v) is 8.12. The summed E-state index contributed by atoms with van der Waals surface area (Å²) < 4.78 is 6.42. The SMILES string of the molecule is CCN1CC2(CCN(CCc3cccc([N+](=O)[O-])c3)CC2)OC2(CC2)C1=O. The van der Waals surface area contributed by atoms with Crippen LogP contribution in [0.3, 0.4) is 0 Å². The maximum atomic E-state index is 12.5. The average Bonchev–Trinajstić information content (AvgIpc) is 3.44. The van der Waals surface area contributed by atoms with E-state index in [2.05, 4.69) is 4.90 Å². The Morgan fingerprint density at radius 2 is 1.96 bits per heavy atom. The van der Waals surface area contributed by atoms with Crippen LogP contribution in [0.2, 0.25) is 0 Å². The van der Waals surface area contributed by atoms with Gasteiger partial charge in [0.15, 0.2) is 0 Å². The van der Waals surface area contributed by atoms with Crippen LogP contribution >= 0.6 is 0 Å². The summed E-state index contributed by atoms with van der Waals surface area (Å²) in [5, 5.41) is 10.9. The number of likely N-dealkylation sites (N-methyl/N-ethyl adjacent to an activating group) is 1. The molecule has 3 fully saturated rings. The molecular formula is C20H27N3O4. The predicted molar refractivity (Wildman–Crippen MR) is 101 cm³/mol. The average molecular weight is 373 g/mol. The number of piperidine rings is 1. The highest BCUT2D eigenvalue weighted by molar-refractivity contribution is 5.89. The van der Waals surface area contributed by atoms with Gasteiger partial charge in [-0.1, -0.05) is 12.1 Å². The lowest BCUT2D eigenvalue weighted by molar-refractivity contribution is -0.384. The summed E-state index contributed by atoms with van der Waals surface area (Å²) in [4.78, 5) is 27.5. The zero-order chi connectivity index (χ0) is 19.1. The van der Waals surface area contributed by atoms with Crippen molar-refractivity contribution in [2.75, 3.05) is 32.7 Å². The summed E-state index contributed by atoms with van der Waals surface area (Å²) in [5.74, 6) is 0.184. The van der Waals surface area contributed by atoms with Gasteiger partial charge in [-0.15, -0.1) is 0 Å². The summed E-state index contributed by atoms with van der Waals surface area (Å²) in [6.07, 6.45) is 4.40. The van der Waals surface area contributed by atoms with Crippen molar-refractivity contribution >= 4 is 11.6 Å². The van der Waals surface area contributed by atoms with Crippen molar-refractivity contribution < 1.29 is 14.5 Å². The number of ether oxygens (including phenoxy) is 1. The standard InChI is InChI=1S/C20H27N3O4/c1-2-22-15-19(27-20(7-8-20)18(22)24)9-12-21(13-10-19)11-6-16-4-3-5-17(14-16)23(25)26/h3-5,14H,2,6-13,15H2,1H3. The topological polar surface area (TPSA) is 75.9 Å². The molecule has 1 aromatic carbocycles. The molecule has 3 aliphatic rings. The maximum Gasteiger partial charge on any atom is 0.269 e. The molecule has 2 saturated heterocycles. The van der Waals surface area contributed by atoms with E-state index < -0.39 is 5.60 Å². The summed E-state index contributed by atoms with van der Waals surface area (Å²) >= 11 is 0. The number of hydrogen-bond acceptors (Lipinski definition) is 5. The van der Waals surface area contributed by atoms with E-state index in [0.29, 0.717) is 6.54 Å². The number of morpholine rings is 1. The minimum absolute atomic E-state index is 0.153. The Balaban J connectivity index is 1.33. The first-order valence-electron chi connectivity index (χ1n) is 9.91. The van der Waals surface area contributed by atoms with Gasteiger partial charge >= 0.3 is 0 Å². The van der Waals surface area contributed by atoms with E-state index in [-0.39, 0.29) is 22.1 Å². The first-order valence-corrected chi connectivity index (χ1v) is 9.91. The molecule has 1 saturated carbocycles. The zero-order valence-electron chi connectivity index (χ0n) is 15.9. The molecule has 1 aliphatic carbocycles. The number of carbonyl (C=O) groups is 1. The van der Waals surface area contributed by atoms with E-state index >= 15 is 0 Å². The van der Waals surface area contributed by atoms with Gasteiger partial charge < -0.3 is 14.5 Å². The minimum Gasteiger partial charge on any atom is -0.357 e. The van der Waals surface area contributed by atoms with Gasteiger partial charge in [-0.3, -0.25) is 14.9 Å². The molecular weight excluding hydrogens is 346 g/mol. The molecule has 2 spiro atoms. The number of carbonyl (C=O) groups excluding carboxylic acids is 1. The lowest BCUT2D eigenvalue weighted by atomic mass is 9.87. The quantitative estimate of drug-likeness (QED) is 0.585. The van der Waals surface area contributed by atoms with Crippen LogP contribution in [0.25, 0.3) is 0 Å². The summed E-state index contributed by atoms with van der Waals surface area (Å²) in [7, 11) is 0. The molecule has 0 unspecified atom stereocenters. The fourth-order valence-electron chi connectivity index (χ4n) is 4.44. The Morgan fingerprint density at radius 3 is 2.59 bits per heavy atom. The number of nitro groups is 1. The normalized spacial score (nSPS) is 23.7. The van der Waals surface area contributed by atoms with Gasteiger partial charge in [0.05, 0.1) is 10.5 Å². The molecule has 27 heavy (non-hydrogen) atoms. The van der Waals surface area contributed by atoms with Crippen molar-refractivity contribution in [3.8, 4) is 0 Å². The van der Waals surface area contributed by atoms with Crippen LogP contribution in [0.15, 0.2) is 24.3 Å². The van der Waals surface area contributed by atoms with Gasteiger partial charge in [-0.25, -0.2) is 0 Å². The second kappa shape index (κ2) is 6.87. The Morgan fingerprint density at radius 1 is 1.22 bits per heavy atom. The van der Waals surface area contributed by atoms with E-state index in [1.54, 1.807) is 12.1 Å². The van der Waals surface area contributed by atoms with Crippen LogP contribution < -0.4 is 0 Å². The third kappa shape index (κ3) is 3.58. The molecule has 0 aromatic heterocycles. The van der Waals surface area contributed by atoms with Crippen LogP contribution in [-0.2, 0) is 16.0 Å². The number of non-ortho nitro benzene ring substituents is 1. The molecule has 0 radical (unpaired) electrons. The van der Waals surface area contributed by atoms with Crippen molar-refractivity contribution in [1.82, 2.24) is 9.80 Å². The first kappa shape index (κ1) is 18.4. The number of likely N-dealkylation sites (tertiary alicyclic amines) is 1. The molecule has 146 valence electrons. The van der Waals surface area contributed by atoms with Crippen molar-refractivity contribution in [2.45, 2.75) is 50.2 Å². The number of hydrogen-bond donors (Lipinski definition) is 0. The van der Waals surface area contributed by atoms with Gasteiger partial charge in [0.2, 0.25) is 0 Å². The Kier molecular flexibility index (Phi) is 4.68. The smallest absolute Gasteiger partial charge is 0.269 e. The molecule has 4 rings (SSSR count). The van der Waals surface area contributed by atoms with Gasteiger partial charge in [0, 0.05) is 44.9 Å². The third-order valence-electron chi connectivity index (χ3n) is 6.26. The van der Waals surface area contributed by atoms with Crippen LogP contribution in [0, 0.1) is 10.1 Å². The van der Waals surface area contributed by atoms with Crippen LogP contribution in [0.5, 0.6) is 0 Å². The van der Waals surface area contributed by atoms with Gasteiger partial charge in [-0.05, 0) is 44.6 Å². The van der Waals surface area contributed by atoms with E-state index in [0.717, 1.165) is 63.8 Å². The molecule has 0 bridgehead atoms. The molecule has 1 aromatic rings. The van der Waals surface area contributed by atoms with Gasteiger partial charge in [-0.2, -0.15) is 0 Å². The second-order valence-electron chi connectivity index (χ2n) is 8.12. The van der Waals surface area contributed by atoms with Gasteiger partial charge in [0.1, 0.15) is 5.60 Å². The molecule has 0 N–H and O–H groups in total. The minimum atomic E-state index is -0.514. The largest absolute Gasteiger partial charge is 0.357 e.